The van der Waals surface area contributed by atoms with Crippen molar-refractivity contribution in [2.24, 2.45) is 0 Å². The van der Waals surface area contributed by atoms with Gasteiger partial charge in [-0.1, -0.05) is 11.6 Å². The molecule has 1 unspecified atom stereocenters. The number of anilines is 2. The Balaban J connectivity index is 2.27. The van der Waals surface area contributed by atoms with Crippen LogP contribution in [-0.4, -0.2) is 39.0 Å². The van der Waals surface area contributed by atoms with E-state index < -0.39 is 18.3 Å². The van der Waals surface area contributed by atoms with Crippen LogP contribution >= 0.6 is 11.6 Å². The van der Waals surface area contributed by atoms with Gasteiger partial charge in [-0.15, -0.1) is 0 Å². The first-order valence-electron chi connectivity index (χ1n) is 5.05. The summed E-state index contributed by atoms with van der Waals surface area (Å²) in [4.78, 5) is 7.82. The number of rotatable bonds is 2. The summed E-state index contributed by atoms with van der Waals surface area (Å²) in [6.07, 6.45) is -1.66. The minimum Gasteiger partial charge on any atom is -0.394 e. The van der Waals surface area contributed by atoms with Crippen molar-refractivity contribution in [1.82, 2.24) is 9.97 Å². The molecule has 0 bridgehead atoms. The average molecular weight is 261 g/mol. The Hall–Kier alpha value is -1.15. The number of aromatic nitrogens is 2. The van der Waals surface area contributed by atoms with E-state index in [9.17, 15) is 5.11 Å². The van der Waals surface area contributed by atoms with E-state index in [2.05, 4.69) is 9.97 Å². The molecule has 0 radical (unpaired) electrons. The molecule has 0 aliphatic carbocycles. The van der Waals surface area contributed by atoms with Crippen molar-refractivity contribution in [3.05, 3.63) is 10.8 Å². The van der Waals surface area contributed by atoms with Crippen LogP contribution in [0.3, 0.4) is 0 Å². The molecule has 8 heteroatoms. The van der Waals surface area contributed by atoms with Crippen molar-refractivity contribution in [2.75, 3.05) is 18.1 Å². The van der Waals surface area contributed by atoms with Crippen LogP contribution in [0.1, 0.15) is 18.2 Å². The Labute approximate surface area is 102 Å². The second-order valence-corrected chi connectivity index (χ2v) is 4.18. The van der Waals surface area contributed by atoms with Crippen LogP contribution in [0, 0.1) is 0 Å². The van der Waals surface area contributed by atoms with Crippen LogP contribution in [0.15, 0.2) is 0 Å². The molecule has 6 N–H and O–H groups in total. The molecule has 1 saturated heterocycles. The van der Waals surface area contributed by atoms with Gasteiger partial charge in [0.25, 0.3) is 0 Å². The molecule has 1 aromatic heterocycles. The maximum Gasteiger partial charge on any atom is 0.171 e. The third-order valence-corrected chi connectivity index (χ3v) is 2.92. The number of ether oxygens (including phenoxy) is 1. The molecule has 1 aliphatic rings. The van der Waals surface area contributed by atoms with Gasteiger partial charge in [-0.05, 0) is 0 Å². The minimum atomic E-state index is -0.762. The fraction of sp³-hybridized carbons (Fsp3) is 0.556. The molecular weight excluding hydrogens is 248 g/mol. The maximum atomic E-state index is 9.60. The number of aliphatic hydroxyl groups excluding tert-OH is 2. The highest BCUT2D eigenvalue weighted by Crippen LogP contribution is 2.35. The summed E-state index contributed by atoms with van der Waals surface area (Å²) < 4.78 is 5.40. The normalized spacial score (nSPS) is 28.5. The highest BCUT2D eigenvalue weighted by molar-refractivity contribution is 6.31. The molecule has 7 nitrogen and oxygen atoms in total. The summed E-state index contributed by atoms with van der Waals surface area (Å²) in [5.41, 5.74) is 11.5. The highest BCUT2D eigenvalue weighted by Gasteiger charge is 2.36. The van der Waals surface area contributed by atoms with Crippen LogP contribution in [0.5, 0.6) is 0 Å². The number of hydrogen-bond acceptors (Lipinski definition) is 7. The number of aliphatic hydroxyl groups is 2. The van der Waals surface area contributed by atoms with Gasteiger partial charge >= 0.3 is 0 Å². The Morgan fingerprint density at radius 1 is 1.35 bits per heavy atom. The standard InChI is InChI=1S/C9H13ClN4O3/c10-7-9(12)14-8(11)6(13-7)4-1-3(16)5(2-15)17-4/h3-5,15-16H,1-2H2,(H4,11,12,14)/t3-,4?,5+/m1/s1. The van der Waals surface area contributed by atoms with Gasteiger partial charge in [-0.3, -0.25) is 0 Å². The maximum absolute atomic E-state index is 9.60. The van der Waals surface area contributed by atoms with Crippen LogP contribution in [0.2, 0.25) is 5.15 Å². The van der Waals surface area contributed by atoms with Gasteiger partial charge in [0.05, 0.1) is 12.7 Å². The van der Waals surface area contributed by atoms with Gasteiger partial charge in [0.2, 0.25) is 0 Å². The molecule has 1 fully saturated rings. The van der Waals surface area contributed by atoms with Crippen molar-refractivity contribution in [3.8, 4) is 0 Å². The summed E-state index contributed by atoms with van der Waals surface area (Å²) in [5, 5.41) is 18.6. The highest BCUT2D eigenvalue weighted by atomic mass is 35.5. The summed E-state index contributed by atoms with van der Waals surface area (Å²) >= 11 is 5.75. The molecule has 0 aromatic carbocycles. The van der Waals surface area contributed by atoms with Crippen LogP contribution in [-0.2, 0) is 4.74 Å². The average Bonchev–Trinajstić information content (AvgIpc) is 2.65. The van der Waals surface area contributed by atoms with Crippen molar-refractivity contribution in [2.45, 2.75) is 24.7 Å². The van der Waals surface area contributed by atoms with E-state index >= 15 is 0 Å². The van der Waals surface area contributed by atoms with Crippen molar-refractivity contribution >= 4 is 23.2 Å². The molecular formula is C9H13ClN4O3. The molecule has 1 aromatic rings. The van der Waals surface area contributed by atoms with E-state index in [1.54, 1.807) is 0 Å². The minimum absolute atomic E-state index is 0.0414. The summed E-state index contributed by atoms with van der Waals surface area (Å²) in [7, 11) is 0. The summed E-state index contributed by atoms with van der Waals surface area (Å²) in [6, 6.07) is 0. The summed E-state index contributed by atoms with van der Waals surface area (Å²) in [6.45, 7) is -0.270. The predicted octanol–water partition coefficient (Wildman–Crippen LogP) is -0.522. The topological polar surface area (TPSA) is 128 Å². The molecule has 2 heterocycles. The van der Waals surface area contributed by atoms with Crippen molar-refractivity contribution < 1.29 is 14.9 Å². The van der Waals surface area contributed by atoms with Crippen molar-refractivity contribution in [3.63, 3.8) is 0 Å². The molecule has 0 saturated carbocycles. The first kappa shape index (κ1) is 12.3. The zero-order valence-corrected chi connectivity index (χ0v) is 9.63. The molecule has 0 amide bonds. The predicted molar refractivity (Wildman–Crippen MR) is 61.2 cm³/mol. The largest absolute Gasteiger partial charge is 0.394 e. The Bertz CT molecular complexity index is 431. The third-order valence-electron chi connectivity index (χ3n) is 2.64. The lowest BCUT2D eigenvalue weighted by molar-refractivity contribution is -0.0234. The molecule has 2 rings (SSSR count). The van der Waals surface area contributed by atoms with E-state index in [0.29, 0.717) is 5.69 Å². The van der Waals surface area contributed by atoms with Gasteiger partial charge < -0.3 is 26.4 Å². The first-order valence-corrected chi connectivity index (χ1v) is 5.43. The van der Waals surface area contributed by atoms with Crippen LogP contribution in [0.4, 0.5) is 11.6 Å². The van der Waals surface area contributed by atoms with Gasteiger partial charge in [-0.2, -0.15) is 0 Å². The summed E-state index contributed by atoms with van der Waals surface area (Å²) in [5.74, 6) is 0.160. The van der Waals surface area contributed by atoms with Gasteiger partial charge in [-0.25, -0.2) is 9.97 Å². The second-order valence-electron chi connectivity index (χ2n) is 3.82. The van der Waals surface area contributed by atoms with Crippen molar-refractivity contribution in [1.29, 1.82) is 0 Å². The first-order chi connectivity index (χ1) is 8.02. The Morgan fingerprint density at radius 3 is 2.65 bits per heavy atom. The number of nitrogens with two attached hydrogens (primary N) is 2. The number of hydrogen-bond donors (Lipinski definition) is 4. The van der Waals surface area contributed by atoms with Crippen LogP contribution in [0.25, 0.3) is 0 Å². The van der Waals surface area contributed by atoms with Gasteiger partial charge in [0.15, 0.2) is 11.0 Å². The van der Waals surface area contributed by atoms with Gasteiger partial charge in [0.1, 0.15) is 23.7 Å². The zero-order valence-electron chi connectivity index (χ0n) is 8.88. The monoisotopic (exact) mass is 260 g/mol. The second kappa shape index (κ2) is 4.61. The molecule has 1 aliphatic heterocycles. The Kier molecular flexibility index (Phi) is 3.34. The van der Waals surface area contributed by atoms with E-state index in [0.717, 1.165) is 0 Å². The van der Waals surface area contributed by atoms with E-state index in [1.807, 2.05) is 0 Å². The smallest absolute Gasteiger partial charge is 0.171 e. The quantitative estimate of drug-likeness (QED) is 0.563. The molecule has 94 valence electrons. The number of nitrogen functional groups attached to an aromatic ring is 2. The lowest BCUT2D eigenvalue weighted by atomic mass is 10.1. The zero-order chi connectivity index (χ0) is 12.6. The number of nitrogens with zero attached hydrogens (tertiary/aromatic N) is 2. The van der Waals surface area contributed by atoms with E-state index in [-0.39, 0.29) is 29.8 Å². The Morgan fingerprint density at radius 2 is 2.06 bits per heavy atom. The van der Waals surface area contributed by atoms with Crippen LogP contribution < -0.4 is 11.5 Å². The molecule has 17 heavy (non-hydrogen) atoms. The lowest BCUT2D eigenvalue weighted by Gasteiger charge is -2.13. The fourth-order valence-corrected chi connectivity index (χ4v) is 1.89. The third kappa shape index (κ3) is 2.27. The lowest BCUT2D eigenvalue weighted by Crippen LogP contribution is -2.24. The van der Waals surface area contributed by atoms with Gasteiger partial charge in [0, 0.05) is 6.42 Å². The van der Waals surface area contributed by atoms with E-state index in [1.165, 1.54) is 0 Å². The number of halogens is 1. The SMILES string of the molecule is Nc1nc(N)c(C2C[C@@H](O)[C@H](CO)O2)nc1Cl. The van der Waals surface area contributed by atoms with E-state index in [4.69, 9.17) is 32.9 Å². The molecule has 0 spiro atoms. The molecule has 3 atom stereocenters. The fourth-order valence-electron chi connectivity index (χ4n) is 1.76.